The van der Waals surface area contributed by atoms with Crippen molar-refractivity contribution < 1.29 is 10.2 Å². The third-order valence-corrected chi connectivity index (χ3v) is 7.87. The minimum atomic E-state index is -0.617. The summed E-state index contributed by atoms with van der Waals surface area (Å²) in [5.74, 6) is 0. The second-order valence-electron chi connectivity index (χ2n) is 9.79. The van der Waals surface area contributed by atoms with Gasteiger partial charge >= 0.3 is 181 Å². The average Bonchev–Trinajstić information content (AvgIpc) is 3.16. The normalized spacial score (nSPS) is 14.6. The maximum atomic E-state index is 10.8. The Kier molecular flexibility index (Phi) is 6.27. The first-order valence-corrected chi connectivity index (χ1v) is 11.8. The summed E-state index contributed by atoms with van der Waals surface area (Å²) < 4.78 is 1.97. The third-order valence-electron chi connectivity index (χ3n) is 5.37. The molecule has 0 bridgehead atoms. The van der Waals surface area contributed by atoms with E-state index < -0.39 is 12.2 Å². The van der Waals surface area contributed by atoms with E-state index in [1.54, 1.807) is 0 Å². The van der Waals surface area contributed by atoms with Gasteiger partial charge in [0.1, 0.15) is 0 Å². The fourth-order valence-corrected chi connectivity index (χ4v) is 5.50. The van der Waals surface area contributed by atoms with Crippen LogP contribution in [0, 0.1) is 0 Å². The molecule has 2 unspecified atom stereocenters. The summed E-state index contributed by atoms with van der Waals surface area (Å²) in [5, 5.41) is 21.7. The van der Waals surface area contributed by atoms with Crippen LogP contribution in [0.3, 0.4) is 0 Å². The van der Waals surface area contributed by atoms with Crippen molar-refractivity contribution in [1.82, 2.24) is 0 Å². The summed E-state index contributed by atoms with van der Waals surface area (Å²) in [4.78, 5) is 0. The second-order valence-corrected chi connectivity index (χ2v) is 12.2. The summed E-state index contributed by atoms with van der Waals surface area (Å²) in [6.45, 7) is 13.1. The van der Waals surface area contributed by atoms with Gasteiger partial charge in [-0.2, -0.15) is 0 Å². The van der Waals surface area contributed by atoms with Crippen molar-refractivity contribution in [2.24, 2.45) is 0 Å². The van der Waals surface area contributed by atoms with Crippen molar-refractivity contribution in [1.29, 1.82) is 0 Å². The molecular weight excluding hydrogens is 423 g/mol. The fraction of sp³-hybridized carbons (Fsp3) is 0.385. The van der Waals surface area contributed by atoms with Crippen LogP contribution in [-0.4, -0.2) is 24.7 Å². The van der Waals surface area contributed by atoms with Gasteiger partial charge in [0.2, 0.25) is 0 Å². The van der Waals surface area contributed by atoms with Crippen LogP contribution in [0.25, 0.3) is 0 Å². The number of benzene rings is 2. The molecule has 1 aromatic heterocycles. The first-order chi connectivity index (χ1) is 13.5. The van der Waals surface area contributed by atoms with Crippen LogP contribution in [-0.2, 0) is 10.8 Å². The van der Waals surface area contributed by atoms with Gasteiger partial charge in [0.15, 0.2) is 0 Å². The van der Waals surface area contributed by atoms with Gasteiger partial charge in [-0.1, -0.05) is 0 Å². The summed E-state index contributed by atoms with van der Waals surface area (Å²) >= 11 is -0.0652. The predicted octanol–water partition coefficient (Wildman–Crippen LogP) is 5.50. The molecule has 1 heterocycles. The Morgan fingerprint density at radius 3 is 1.14 bits per heavy atom. The van der Waals surface area contributed by atoms with Crippen molar-refractivity contribution in [2.75, 3.05) is 0 Å². The van der Waals surface area contributed by atoms with E-state index in [-0.39, 0.29) is 25.3 Å². The second kappa shape index (κ2) is 8.24. The minimum absolute atomic E-state index is 0.0652. The van der Waals surface area contributed by atoms with Gasteiger partial charge in [-0.05, 0) is 0 Å². The zero-order valence-corrected chi connectivity index (χ0v) is 19.9. The van der Waals surface area contributed by atoms with Gasteiger partial charge < -0.3 is 0 Å². The number of rotatable bonds is 4. The topological polar surface area (TPSA) is 40.5 Å². The average molecular weight is 456 g/mol. The molecule has 0 fully saturated rings. The van der Waals surface area contributed by atoms with Gasteiger partial charge in [-0.25, -0.2) is 0 Å². The van der Waals surface area contributed by atoms with E-state index in [9.17, 15) is 10.2 Å². The van der Waals surface area contributed by atoms with Crippen molar-refractivity contribution in [2.45, 2.75) is 64.6 Å². The fourth-order valence-electron chi connectivity index (χ4n) is 3.32. The molecule has 154 valence electrons. The number of aliphatic hydroxyl groups excluding tert-OH is 2. The molecular formula is C26H32O2Se. The predicted molar refractivity (Wildman–Crippen MR) is 122 cm³/mol. The maximum absolute atomic E-state index is 10.8. The van der Waals surface area contributed by atoms with E-state index in [0.717, 1.165) is 20.0 Å². The summed E-state index contributed by atoms with van der Waals surface area (Å²) in [5.41, 5.74) is 4.53. The summed E-state index contributed by atoms with van der Waals surface area (Å²) in [6, 6.07) is 20.4. The molecule has 0 aliphatic rings. The number of hydrogen-bond acceptors (Lipinski definition) is 2. The quantitative estimate of drug-likeness (QED) is 0.510. The zero-order chi connectivity index (χ0) is 21.4. The van der Waals surface area contributed by atoms with Crippen LogP contribution in [0.1, 0.15) is 84.9 Å². The Labute approximate surface area is 181 Å². The van der Waals surface area contributed by atoms with Crippen LogP contribution in [0.4, 0.5) is 0 Å². The Morgan fingerprint density at radius 1 is 0.552 bits per heavy atom. The van der Waals surface area contributed by atoms with Crippen LogP contribution in [0.2, 0.25) is 0 Å². The van der Waals surface area contributed by atoms with Crippen molar-refractivity contribution >= 4 is 14.5 Å². The van der Waals surface area contributed by atoms with E-state index in [1.807, 2.05) is 36.4 Å². The molecule has 29 heavy (non-hydrogen) atoms. The first kappa shape index (κ1) is 22.1. The molecule has 2 aromatic carbocycles. The van der Waals surface area contributed by atoms with E-state index in [4.69, 9.17) is 0 Å². The molecule has 3 heteroatoms. The van der Waals surface area contributed by atoms with Crippen molar-refractivity contribution in [3.05, 3.63) is 91.8 Å². The molecule has 0 aliphatic heterocycles. The van der Waals surface area contributed by atoms with E-state index >= 15 is 0 Å². The molecule has 0 spiro atoms. The van der Waals surface area contributed by atoms with Crippen LogP contribution < -0.4 is 0 Å². The molecule has 2 N–H and O–H groups in total. The molecule has 0 saturated carbocycles. The molecule has 2 nitrogen and oxygen atoms in total. The molecule has 0 amide bonds. The third kappa shape index (κ3) is 5.10. The van der Waals surface area contributed by atoms with Crippen molar-refractivity contribution in [3.8, 4) is 0 Å². The Bertz CT molecular complexity index is 860. The van der Waals surface area contributed by atoms with Gasteiger partial charge in [-0.3, -0.25) is 0 Å². The monoisotopic (exact) mass is 456 g/mol. The van der Waals surface area contributed by atoms with Gasteiger partial charge in [0, 0.05) is 0 Å². The standard InChI is InChI=1S/C26H32O2Se/c1-25(2,3)19-11-7-17(8-12-19)23(27)21-15-16-22(29-21)24(28)18-9-13-20(14-10-18)26(4,5)6/h7-16,23-24,27-28H,1-6H3. The van der Waals surface area contributed by atoms with E-state index in [1.165, 1.54) is 11.1 Å². The van der Waals surface area contributed by atoms with E-state index in [0.29, 0.717) is 0 Å². The van der Waals surface area contributed by atoms with Crippen molar-refractivity contribution in [3.63, 3.8) is 0 Å². The first-order valence-electron chi connectivity index (χ1n) is 10.1. The van der Waals surface area contributed by atoms with Gasteiger partial charge in [0.05, 0.1) is 0 Å². The van der Waals surface area contributed by atoms with Crippen LogP contribution >= 0.6 is 0 Å². The SMILES string of the molecule is CC(C)(C)c1ccc(C(O)c2ccc(C(O)c3ccc(C(C)(C)C)cc3)[se]2)cc1. The van der Waals surface area contributed by atoms with Gasteiger partial charge in [-0.15, -0.1) is 0 Å². The molecule has 0 aliphatic carbocycles. The molecule has 3 rings (SSSR count). The molecule has 3 aromatic rings. The van der Waals surface area contributed by atoms with Crippen LogP contribution in [0.15, 0.2) is 60.7 Å². The summed E-state index contributed by atoms with van der Waals surface area (Å²) in [6.07, 6.45) is -1.23. The van der Waals surface area contributed by atoms with E-state index in [2.05, 4.69) is 65.8 Å². The zero-order valence-electron chi connectivity index (χ0n) is 18.2. The Balaban J connectivity index is 1.77. The molecule has 2 atom stereocenters. The summed E-state index contributed by atoms with van der Waals surface area (Å²) in [7, 11) is 0. The van der Waals surface area contributed by atoms with Crippen LogP contribution in [0.5, 0.6) is 0 Å². The molecule has 0 saturated heterocycles. The van der Waals surface area contributed by atoms with Gasteiger partial charge in [0.25, 0.3) is 0 Å². The Hall–Kier alpha value is -1.64. The number of aliphatic hydroxyl groups is 2. The Morgan fingerprint density at radius 2 is 0.862 bits per heavy atom. The number of hydrogen-bond donors (Lipinski definition) is 2. The molecule has 0 radical (unpaired) electrons.